The average Bonchev–Trinajstić information content (AvgIpc) is 2.68. The molecule has 2 aromatic rings. The van der Waals surface area contributed by atoms with Crippen molar-refractivity contribution in [1.29, 1.82) is 0 Å². The van der Waals surface area contributed by atoms with Crippen LogP contribution in [0.3, 0.4) is 0 Å². The van der Waals surface area contributed by atoms with Crippen molar-refractivity contribution < 1.29 is 24.2 Å². The van der Waals surface area contributed by atoms with Gasteiger partial charge in [0.1, 0.15) is 6.04 Å². The van der Waals surface area contributed by atoms with Gasteiger partial charge in [-0.05, 0) is 43.2 Å². The fourth-order valence-electron chi connectivity index (χ4n) is 2.61. The number of hydrogen-bond donors (Lipinski definition) is 2. The Bertz CT molecular complexity index is 817. The van der Waals surface area contributed by atoms with Crippen LogP contribution in [0.5, 0.6) is 11.5 Å². The zero-order valence-corrected chi connectivity index (χ0v) is 16.1. The topological polar surface area (TPSA) is 84.9 Å². The molecule has 6 nitrogen and oxygen atoms in total. The third-order valence-electron chi connectivity index (χ3n) is 3.89. The quantitative estimate of drug-likeness (QED) is 0.615. The van der Waals surface area contributed by atoms with Crippen LogP contribution in [0.2, 0.25) is 0 Å². The van der Waals surface area contributed by atoms with E-state index in [9.17, 15) is 14.7 Å². The van der Waals surface area contributed by atoms with E-state index in [0.717, 1.165) is 11.1 Å². The predicted molar refractivity (Wildman–Crippen MR) is 108 cm³/mol. The molecular formula is C22H25NO5. The summed E-state index contributed by atoms with van der Waals surface area (Å²) in [6.07, 6.45) is 3.13. The number of amides is 1. The Kier molecular flexibility index (Phi) is 8.09. The van der Waals surface area contributed by atoms with Crippen molar-refractivity contribution in [1.82, 2.24) is 5.32 Å². The lowest BCUT2D eigenvalue weighted by molar-refractivity contribution is -0.141. The van der Waals surface area contributed by atoms with Crippen LogP contribution in [0.25, 0.3) is 6.08 Å². The van der Waals surface area contributed by atoms with E-state index in [4.69, 9.17) is 9.47 Å². The van der Waals surface area contributed by atoms with Gasteiger partial charge in [-0.15, -0.1) is 0 Å². The molecule has 0 aliphatic rings. The molecule has 0 heterocycles. The fraction of sp³-hybridized carbons (Fsp3) is 0.273. The Morgan fingerprint density at radius 1 is 1.04 bits per heavy atom. The summed E-state index contributed by atoms with van der Waals surface area (Å²) in [6, 6.07) is 13.5. The van der Waals surface area contributed by atoms with E-state index in [0.29, 0.717) is 24.7 Å². The molecule has 2 aromatic carbocycles. The van der Waals surface area contributed by atoms with Gasteiger partial charge in [-0.2, -0.15) is 0 Å². The zero-order valence-electron chi connectivity index (χ0n) is 16.1. The summed E-state index contributed by atoms with van der Waals surface area (Å²) in [5, 5.41) is 11.9. The second kappa shape index (κ2) is 10.8. The summed E-state index contributed by atoms with van der Waals surface area (Å²) in [7, 11) is 0. The number of nitrogens with one attached hydrogen (secondary N) is 1. The van der Waals surface area contributed by atoms with Crippen molar-refractivity contribution in [3.63, 3.8) is 0 Å². The van der Waals surface area contributed by atoms with Gasteiger partial charge in [-0.25, -0.2) is 4.79 Å². The van der Waals surface area contributed by atoms with Crippen molar-refractivity contribution >= 4 is 18.0 Å². The van der Waals surface area contributed by atoms with Gasteiger partial charge in [0.15, 0.2) is 11.5 Å². The van der Waals surface area contributed by atoms with E-state index >= 15 is 0 Å². The van der Waals surface area contributed by atoms with Crippen LogP contribution < -0.4 is 14.8 Å². The Hall–Kier alpha value is -3.28. The van der Waals surface area contributed by atoms with Crippen molar-refractivity contribution in [3.8, 4) is 11.5 Å². The van der Waals surface area contributed by atoms with Crippen molar-refractivity contribution in [2.45, 2.75) is 26.3 Å². The highest BCUT2D eigenvalue weighted by atomic mass is 16.5. The molecule has 148 valence electrons. The van der Waals surface area contributed by atoms with Crippen LogP contribution in [0.15, 0.2) is 54.6 Å². The summed E-state index contributed by atoms with van der Waals surface area (Å²) in [6.45, 7) is 4.79. The number of carboxylic acids is 1. The molecule has 28 heavy (non-hydrogen) atoms. The van der Waals surface area contributed by atoms with Gasteiger partial charge >= 0.3 is 5.97 Å². The van der Waals surface area contributed by atoms with Crippen LogP contribution >= 0.6 is 0 Å². The molecule has 6 heteroatoms. The van der Waals surface area contributed by atoms with E-state index in [1.54, 1.807) is 24.3 Å². The van der Waals surface area contributed by atoms with Crippen LogP contribution in [0.4, 0.5) is 0 Å². The number of ether oxygens (including phenoxy) is 2. The standard InChI is InChI=1S/C22H25NO5/c1-3-27-19-12-10-17(15-20(19)28-4-2)11-13-21(24)23-18(22(25)26)14-16-8-6-5-7-9-16/h5-13,15,18H,3-4,14H2,1-2H3,(H,23,24)(H,25,26)/b13-11+/t18-/m0/s1. The Balaban J connectivity index is 2.04. The van der Waals surface area contributed by atoms with E-state index in [1.165, 1.54) is 6.08 Å². The fourth-order valence-corrected chi connectivity index (χ4v) is 2.61. The van der Waals surface area contributed by atoms with E-state index in [-0.39, 0.29) is 6.42 Å². The first-order chi connectivity index (χ1) is 13.5. The molecular weight excluding hydrogens is 358 g/mol. The van der Waals surface area contributed by atoms with Crippen LogP contribution in [-0.2, 0) is 16.0 Å². The molecule has 0 aliphatic carbocycles. The van der Waals surface area contributed by atoms with Gasteiger partial charge in [-0.1, -0.05) is 36.4 Å². The molecule has 0 saturated carbocycles. The first-order valence-corrected chi connectivity index (χ1v) is 9.18. The minimum Gasteiger partial charge on any atom is -0.490 e. The van der Waals surface area contributed by atoms with E-state index in [1.807, 2.05) is 44.2 Å². The molecule has 1 atom stereocenters. The predicted octanol–water partition coefficient (Wildman–Crippen LogP) is 3.31. The number of benzene rings is 2. The maximum absolute atomic E-state index is 12.2. The molecule has 0 bridgehead atoms. The van der Waals surface area contributed by atoms with Gasteiger partial charge in [0, 0.05) is 12.5 Å². The number of hydrogen-bond acceptors (Lipinski definition) is 4. The molecule has 0 radical (unpaired) electrons. The molecule has 0 aliphatic heterocycles. The molecule has 2 N–H and O–H groups in total. The summed E-state index contributed by atoms with van der Waals surface area (Å²) in [4.78, 5) is 23.6. The van der Waals surface area contributed by atoms with Crippen LogP contribution in [0, 0.1) is 0 Å². The first kappa shape index (κ1) is 21.0. The SMILES string of the molecule is CCOc1ccc(/C=C/C(=O)N[C@@H](Cc2ccccc2)C(=O)O)cc1OCC. The second-order valence-electron chi connectivity index (χ2n) is 5.99. The van der Waals surface area contributed by atoms with Crippen molar-refractivity contribution in [3.05, 3.63) is 65.7 Å². The van der Waals surface area contributed by atoms with E-state index < -0.39 is 17.9 Å². The number of aliphatic carboxylic acids is 1. The molecule has 0 saturated heterocycles. The Morgan fingerprint density at radius 3 is 2.36 bits per heavy atom. The number of carbonyl (C=O) groups is 2. The summed E-state index contributed by atoms with van der Waals surface area (Å²) >= 11 is 0. The molecule has 2 rings (SSSR count). The highest BCUT2D eigenvalue weighted by Crippen LogP contribution is 2.29. The lowest BCUT2D eigenvalue weighted by Crippen LogP contribution is -2.41. The van der Waals surface area contributed by atoms with Gasteiger partial charge in [0.2, 0.25) is 5.91 Å². The molecule has 0 unspecified atom stereocenters. The minimum atomic E-state index is -1.08. The largest absolute Gasteiger partial charge is 0.490 e. The highest BCUT2D eigenvalue weighted by molar-refractivity contribution is 5.94. The lowest BCUT2D eigenvalue weighted by Gasteiger charge is -2.13. The van der Waals surface area contributed by atoms with Gasteiger partial charge < -0.3 is 19.9 Å². The maximum Gasteiger partial charge on any atom is 0.326 e. The number of carbonyl (C=O) groups excluding carboxylic acids is 1. The second-order valence-corrected chi connectivity index (χ2v) is 5.99. The lowest BCUT2D eigenvalue weighted by atomic mass is 10.1. The number of carboxylic acid groups (broad SMARTS) is 1. The average molecular weight is 383 g/mol. The van der Waals surface area contributed by atoms with Crippen molar-refractivity contribution in [2.24, 2.45) is 0 Å². The molecule has 0 spiro atoms. The minimum absolute atomic E-state index is 0.216. The van der Waals surface area contributed by atoms with Gasteiger partial charge in [0.05, 0.1) is 13.2 Å². The van der Waals surface area contributed by atoms with Crippen LogP contribution in [-0.4, -0.2) is 36.2 Å². The maximum atomic E-state index is 12.2. The normalized spacial score (nSPS) is 11.8. The third kappa shape index (κ3) is 6.46. The van der Waals surface area contributed by atoms with Gasteiger partial charge in [0.25, 0.3) is 0 Å². The monoisotopic (exact) mass is 383 g/mol. The van der Waals surface area contributed by atoms with Gasteiger partial charge in [-0.3, -0.25) is 4.79 Å². The summed E-state index contributed by atoms with van der Waals surface area (Å²) in [5.41, 5.74) is 1.59. The van der Waals surface area contributed by atoms with Crippen LogP contribution in [0.1, 0.15) is 25.0 Å². The molecule has 0 aromatic heterocycles. The zero-order chi connectivity index (χ0) is 20.4. The molecule has 0 fully saturated rings. The number of rotatable bonds is 10. The first-order valence-electron chi connectivity index (χ1n) is 9.18. The van der Waals surface area contributed by atoms with Crippen molar-refractivity contribution in [2.75, 3.05) is 13.2 Å². The molecule has 1 amide bonds. The smallest absolute Gasteiger partial charge is 0.326 e. The highest BCUT2D eigenvalue weighted by Gasteiger charge is 2.19. The summed E-state index contributed by atoms with van der Waals surface area (Å²) < 4.78 is 11.1. The Morgan fingerprint density at radius 2 is 1.71 bits per heavy atom. The Labute approximate surface area is 164 Å². The van der Waals surface area contributed by atoms with E-state index in [2.05, 4.69) is 5.32 Å². The third-order valence-corrected chi connectivity index (χ3v) is 3.89. The summed E-state index contributed by atoms with van der Waals surface area (Å²) in [5.74, 6) is -0.320.